The summed E-state index contributed by atoms with van der Waals surface area (Å²) in [5.41, 5.74) is 0.971. The van der Waals surface area contributed by atoms with E-state index in [-0.39, 0.29) is 11.9 Å². The average Bonchev–Trinajstić information content (AvgIpc) is 2.50. The van der Waals surface area contributed by atoms with Crippen molar-refractivity contribution in [3.05, 3.63) is 36.4 Å². The maximum Gasteiger partial charge on any atom is 0.230 e. The Morgan fingerprint density at radius 3 is 2.68 bits per heavy atom. The number of fused-ring (bicyclic) bond motifs is 1. The van der Waals surface area contributed by atoms with Crippen LogP contribution < -0.4 is 5.32 Å². The molecule has 3 nitrogen and oxygen atoms in total. The summed E-state index contributed by atoms with van der Waals surface area (Å²) < 4.78 is 0. The number of pyridine rings is 1. The van der Waals surface area contributed by atoms with Crippen LogP contribution >= 0.6 is 11.8 Å². The number of carbonyl (C=O) groups excluding carboxylic acids is 1. The van der Waals surface area contributed by atoms with Crippen LogP contribution in [0.3, 0.4) is 0 Å². The molecule has 2 rings (SSSR count). The van der Waals surface area contributed by atoms with Gasteiger partial charge in [-0.05, 0) is 37.8 Å². The maximum atomic E-state index is 12.0. The minimum Gasteiger partial charge on any atom is -0.353 e. The number of nitrogens with zero attached hydrogens (tertiary/aromatic N) is 1. The Bertz CT molecular complexity index is 627. The van der Waals surface area contributed by atoms with E-state index in [9.17, 15) is 4.79 Å². The van der Waals surface area contributed by atoms with Gasteiger partial charge in [-0.25, -0.2) is 4.98 Å². The fourth-order valence-electron chi connectivity index (χ4n) is 2.24. The highest BCUT2D eigenvalue weighted by Crippen LogP contribution is 2.19. The minimum atomic E-state index is 0.0798. The third kappa shape index (κ3) is 5.34. The Balaban J connectivity index is 1.82. The van der Waals surface area contributed by atoms with Crippen molar-refractivity contribution in [3.63, 3.8) is 0 Å². The van der Waals surface area contributed by atoms with Crippen LogP contribution in [0.2, 0.25) is 0 Å². The molecule has 1 N–H and O–H groups in total. The second-order valence-electron chi connectivity index (χ2n) is 6.07. The highest BCUT2D eigenvalue weighted by atomic mass is 32.2. The van der Waals surface area contributed by atoms with Crippen LogP contribution in [-0.2, 0) is 4.79 Å². The van der Waals surface area contributed by atoms with E-state index in [1.54, 1.807) is 0 Å². The number of carbonyl (C=O) groups is 1. The van der Waals surface area contributed by atoms with Gasteiger partial charge in [0, 0.05) is 11.4 Å². The lowest BCUT2D eigenvalue weighted by molar-refractivity contribution is -0.119. The molecule has 118 valence electrons. The van der Waals surface area contributed by atoms with Gasteiger partial charge in [0.1, 0.15) is 0 Å². The van der Waals surface area contributed by atoms with Crippen LogP contribution in [0.25, 0.3) is 10.9 Å². The molecule has 0 spiro atoms. The zero-order chi connectivity index (χ0) is 15.9. The fraction of sp³-hybridized carbons (Fsp3) is 0.444. The lowest BCUT2D eigenvalue weighted by Crippen LogP contribution is -2.34. The Labute approximate surface area is 136 Å². The number of nitrogens with one attached hydrogen (secondary N) is 1. The van der Waals surface area contributed by atoms with Crippen LogP contribution in [0.5, 0.6) is 0 Å². The molecule has 0 saturated carbocycles. The third-order valence-electron chi connectivity index (χ3n) is 3.51. The second-order valence-corrected chi connectivity index (χ2v) is 7.07. The van der Waals surface area contributed by atoms with Crippen molar-refractivity contribution in [1.29, 1.82) is 0 Å². The summed E-state index contributed by atoms with van der Waals surface area (Å²) in [6, 6.07) is 12.3. The zero-order valence-electron chi connectivity index (χ0n) is 13.5. The van der Waals surface area contributed by atoms with Gasteiger partial charge in [-0.15, -0.1) is 0 Å². The number of aromatic nitrogens is 1. The van der Waals surface area contributed by atoms with Crippen LogP contribution in [0.4, 0.5) is 0 Å². The van der Waals surface area contributed by atoms with Crippen molar-refractivity contribution in [2.24, 2.45) is 5.92 Å². The van der Waals surface area contributed by atoms with Gasteiger partial charge in [0.05, 0.1) is 16.3 Å². The van der Waals surface area contributed by atoms with Crippen molar-refractivity contribution < 1.29 is 4.79 Å². The molecule has 2 aromatic rings. The van der Waals surface area contributed by atoms with Gasteiger partial charge in [0.2, 0.25) is 5.91 Å². The van der Waals surface area contributed by atoms with Gasteiger partial charge in [-0.3, -0.25) is 4.79 Å². The summed E-state index contributed by atoms with van der Waals surface area (Å²) >= 11 is 1.49. The van der Waals surface area contributed by atoms with Gasteiger partial charge in [-0.2, -0.15) is 0 Å². The van der Waals surface area contributed by atoms with E-state index in [0.29, 0.717) is 11.7 Å². The summed E-state index contributed by atoms with van der Waals surface area (Å²) in [4.78, 5) is 16.5. The van der Waals surface area contributed by atoms with Crippen molar-refractivity contribution >= 4 is 28.6 Å². The monoisotopic (exact) mass is 316 g/mol. The molecule has 4 heteroatoms. The molecular formula is C18H24N2OS. The number of rotatable bonds is 7. The van der Waals surface area contributed by atoms with E-state index in [4.69, 9.17) is 0 Å². The predicted octanol–water partition coefficient (Wildman–Crippen LogP) is 4.27. The second kappa shape index (κ2) is 8.18. The summed E-state index contributed by atoms with van der Waals surface area (Å²) in [5.74, 6) is 1.17. The van der Waals surface area contributed by atoms with E-state index in [0.717, 1.165) is 28.8 Å². The number of thioether (sulfide) groups is 1. The zero-order valence-corrected chi connectivity index (χ0v) is 14.3. The molecule has 22 heavy (non-hydrogen) atoms. The molecule has 0 aliphatic heterocycles. The molecule has 1 atom stereocenters. The Morgan fingerprint density at radius 1 is 1.14 bits per heavy atom. The Hall–Kier alpha value is -1.55. The lowest BCUT2D eigenvalue weighted by atomic mass is 10.0. The summed E-state index contributed by atoms with van der Waals surface area (Å²) in [6.45, 7) is 6.48. The van der Waals surface area contributed by atoms with Gasteiger partial charge < -0.3 is 5.32 Å². The molecule has 0 bridgehead atoms. The molecule has 1 aromatic carbocycles. The molecule has 1 heterocycles. The van der Waals surface area contributed by atoms with Crippen molar-refractivity contribution in [2.45, 2.75) is 44.7 Å². The molecule has 0 fully saturated rings. The number of amides is 1. The summed E-state index contributed by atoms with van der Waals surface area (Å²) in [6.07, 6.45) is 2.17. The van der Waals surface area contributed by atoms with Crippen molar-refractivity contribution in [1.82, 2.24) is 10.3 Å². The third-order valence-corrected chi connectivity index (χ3v) is 4.44. The van der Waals surface area contributed by atoms with E-state index in [1.807, 2.05) is 36.4 Å². The first-order valence-corrected chi connectivity index (χ1v) is 8.81. The number of benzene rings is 1. The molecule has 0 aliphatic rings. The Kier molecular flexibility index (Phi) is 6.25. The summed E-state index contributed by atoms with van der Waals surface area (Å²) in [5, 5.41) is 5.07. The standard InChI is InChI=1S/C18H24N2OS/c1-13(2)8-9-14(3)19-17(21)12-22-18-11-10-15-6-4-5-7-16(15)20-18/h4-7,10-11,13-14H,8-9,12H2,1-3H3,(H,19,21)/t14-/m0/s1. The van der Waals surface area contributed by atoms with Crippen molar-refractivity contribution in [2.75, 3.05) is 5.75 Å². The topological polar surface area (TPSA) is 42.0 Å². The van der Waals surface area contributed by atoms with E-state index in [1.165, 1.54) is 11.8 Å². The average molecular weight is 316 g/mol. The first-order chi connectivity index (χ1) is 10.5. The fourth-order valence-corrected chi connectivity index (χ4v) is 2.93. The van der Waals surface area contributed by atoms with Crippen LogP contribution in [-0.4, -0.2) is 22.7 Å². The highest BCUT2D eigenvalue weighted by molar-refractivity contribution is 7.99. The largest absolute Gasteiger partial charge is 0.353 e. The van der Waals surface area contributed by atoms with Gasteiger partial charge >= 0.3 is 0 Å². The Morgan fingerprint density at radius 2 is 1.91 bits per heavy atom. The van der Waals surface area contributed by atoms with Crippen LogP contribution in [0.15, 0.2) is 41.4 Å². The van der Waals surface area contributed by atoms with Crippen LogP contribution in [0.1, 0.15) is 33.6 Å². The van der Waals surface area contributed by atoms with Gasteiger partial charge in [0.15, 0.2) is 0 Å². The minimum absolute atomic E-state index is 0.0798. The number of para-hydroxylation sites is 1. The van der Waals surface area contributed by atoms with Crippen molar-refractivity contribution in [3.8, 4) is 0 Å². The van der Waals surface area contributed by atoms with E-state index >= 15 is 0 Å². The van der Waals surface area contributed by atoms with Crippen LogP contribution in [0, 0.1) is 5.92 Å². The smallest absolute Gasteiger partial charge is 0.230 e. The number of hydrogen-bond donors (Lipinski definition) is 1. The normalized spacial score (nSPS) is 12.5. The van der Waals surface area contributed by atoms with E-state index in [2.05, 4.69) is 31.1 Å². The molecule has 1 aromatic heterocycles. The molecule has 0 aliphatic carbocycles. The number of hydrogen-bond acceptors (Lipinski definition) is 3. The SMILES string of the molecule is CC(C)CC[C@H](C)NC(=O)CSc1ccc2ccccc2n1. The quantitative estimate of drug-likeness (QED) is 0.776. The molecule has 0 radical (unpaired) electrons. The summed E-state index contributed by atoms with van der Waals surface area (Å²) in [7, 11) is 0. The van der Waals surface area contributed by atoms with Gasteiger partial charge in [0.25, 0.3) is 0 Å². The lowest BCUT2D eigenvalue weighted by Gasteiger charge is -2.14. The van der Waals surface area contributed by atoms with Gasteiger partial charge in [-0.1, -0.05) is 49.9 Å². The maximum absolute atomic E-state index is 12.0. The first kappa shape index (κ1) is 16.8. The molecule has 1 amide bonds. The molecule has 0 saturated heterocycles. The highest BCUT2D eigenvalue weighted by Gasteiger charge is 2.09. The van der Waals surface area contributed by atoms with E-state index < -0.39 is 0 Å². The predicted molar refractivity (Wildman–Crippen MR) is 94.1 cm³/mol. The first-order valence-electron chi connectivity index (χ1n) is 7.82. The molecular weight excluding hydrogens is 292 g/mol. The molecule has 0 unspecified atom stereocenters.